The van der Waals surface area contributed by atoms with E-state index in [1.54, 1.807) is 11.8 Å². The zero-order chi connectivity index (χ0) is 14.6. The van der Waals surface area contributed by atoms with E-state index in [0.717, 1.165) is 42.8 Å². The molecule has 20 heavy (non-hydrogen) atoms. The topological polar surface area (TPSA) is 41.0 Å². The summed E-state index contributed by atoms with van der Waals surface area (Å²) in [6.45, 7) is 9.97. The summed E-state index contributed by atoms with van der Waals surface area (Å²) in [5.74, 6) is 2.01. The molecule has 0 radical (unpaired) electrons. The smallest absolute Gasteiger partial charge is 0.191 e. The van der Waals surface area contributed by atoms with Gasteiger partial charge in [-0.05, 0) is 30.9 Å². The molecule has 0 atom stereocenters. The van der Waals surface area contributed by atoms with Crippen molar-refractivity contribution in [1.29, 1.82) is 0 Å². The fourth-order valence-corrected chi connectivity index (χ4v) is 3.00. The van der Waals surface area contributed by atoms with Crippen LogP contribution in [0.2, 0.25) is 0 Å². The molecule has 1 aliphatic heterocycles. The van der Waals surface area contributed by atoms with Gasteiger partial charge in [0.2, 0.25) is 0 Å². The Morgan fingerprint density at radius 3 is 2.85 bits per heavy atom. The third kappa shape index (κ3) is 4.01. The average molecular weight is 294 g/mol. The minimum absolute atomic E-state index is 0.375. The van der Waals surface area contributed by atoms with Gasteiger partial charge in [-0.3, -0.25) is 0 Å². The van der Waals surface area contributed by atoms with Crippen LogP contribution in [-0.4, -0.2) is 35.9 Å². The fourth-order valence-electron chi connectivity index (χ4n) is 2.63. The molecule has 0 aromatic carbocycles. The average Bonchev–Trinajstić information content (AvgIpc) is 2.43. The number of piperidine rings is 1. The van der Waals surface area contributed by atoms with Crippen LogP contribution in [0.3, 0.4) is 0 Å². The first-order chi connectivity index (χ1) is 9.54. The predicted octanol–water partition coefficient (Wildman–Crippen LogP) is 3.65. The highest BCUT2D eigenvalue weighted by atomic mass is 32.2. The molecule has 4 nitrogen and oxygen atoms in total. The number of anilines is 2. The van der Waals surface area contributed by atoms with Crippen molar-refractivity contribution in [3.05, 3.63) is 6.07 Å². The van der Waals surface area contributed by atoms with E-state index in [0.29, 0.717) is 5.41 Å². The zero-order valence-corrected chi connectivity index (χ0v) is 13.9. The number of rotatable bonds is 5. The molecule has 1 aromatic heterocycles. The molecule has 0 aliphatic carbocycles. The van der Waals surface area contributed by atoms with Crippen LogP contribution in [0, 0.1) is 5.41 Å². The van der Waals surface area contributed by atoms with Gasteiger partial charge >= 0.3 is 0 Å². The highest BCUT2D eigenvalue weighted by Gasteiger charge is 2.27. The Kier molecular flexibility index (Phi) is 5.13. The molecule has 2 heterocycles. The highest BCUT2D eigenvalue weighted by Crippen LogP contribution is 2.32. The van der Waals surface area contributed by atoms with Gasteiger partial charge in [-0.15, -0.1) is 0 Å². The van der Waals surface area contributed by atoms with E-state index in [9.17, 15) is 0 Å². The first-order valence-electron chi connectivity index (χ1n) is 7.46. The highest BCUT2D eigenvalue weighted by molar-refractivity contribution is 7.98. The minimum Gasteiger partial charge on any atom is -0.370 e. The predicted molar refractivity (Wildman–Crippen MR) is 87.8 cm³/mol. The van der Waals surface area contributed by atoms with Gasteiger partial charge in [0.25, 0.3) is 0 Å². The standard InChI is InChI=1S/C15H26N4S/c1-5-8-16-12-10-13(18-14(17-12)20-4)19-9-6-7-15(2,3)11-19/h10H,5-9,11H2,1-4H3,(H,16,17,18). The van der Waals surface area contributed by atoms with Crippen LogP contribution in [0.5, 0.6) is 0 Å². The summed E-state index contributed by atoms with van der Waals surface area (Å²) >= 11 is 1.61. The van der Waals surface area contributed by atoms with Crippen LogP contribution in [0.4, 0.5) is 11.6 Å². The summed E-state index contributed by atoms with van der Waals surface area (Å²) in [4.78, 5) is 11.6. The van der Waals surface area contributed by atoms with Crippen molar-refractivity contribution in [3.63, 3.8) is 0 Å². The summed E-state index contributed by atoms with van der Waals surface area (Å²) in [6.07, 6.45) is 5.67. The van der Waals surface area contributed by atoms with E-state index >= 15 is 0 Å². The largest absolute Gasteiger partial charge is 0.370 e. The Morgan fingerprint density at radius 2 is 2.20 bits per heavy atom. The van der Waals surface area contributed by atoms with Gasteiger partial charge < -0.3 is 10.2 Å². The zero-order valence-electron chi connectivity index (χ0n) is 13.1. The molecule has 5 heteroatoms. The van der Waals surface area contributed by atoms with E-state index < -0.39 is 0 Å². The van der Waals surface area contributed by atoms with Crippen molar-refractivity contribution in [2.24, 2.45) is 5.41 Å². The second-order valence-corrected chi connectivity index (χ2v) is 6.99. The first-order valence-corrected chi connectivity index (χ1v) is 8.68. The number of aromatic nitrogens is 2. The number of hydrogen-bond acceptors (Lipinski definition) is 5. The van der Waals surface area contributed by atoms with E-state index in [-0.39, 0.29) is 0 Å². The first kappa shape index (κ1) is 15.4. The molecule has 1 N–H and O–H groups in total. The second kappa shape index (κ2) is 6.66. The molecule has 1 fully saturated rings. The molecular formula is C15H26N4S. The number of nitrogens with one attached hydrogen (secondary N) is 1. The Hall–Kier alpha value is -0.970. The quantitative estimate of drug-likeness (QED) is 0.663. The van der Waals surface area contributed by atoms with Crippen molar-refractivity contribution in [3.8, 4) is 0 Å². The van der Waals surface area contributed by atoms with Crippen molar-refractivity contribution >= 4 is 23.4 Å². The fraction of sp³-hybridized carbons (Fsp3) is 0.733. The second-order valence-electron chi connectivity index (χ2n) is 6.21. The maximum Gasteiger partial charge on any atom is 0.191 e. The van der Waals surface area contributed by atoms with Crippen molar-refractivity contribution in [2.75, 3.05) is 36.1 Å². The number of hydrogen-bond donors (Lipinski definition) is 1. The van der Waals surface area contributed by atoms with E-state index in [1.165, 1.54) is 12.8 Å². The minimum atomic E-state index is 0.375. The lowest BCUT2D eigenvalue weighted by molar-refractivity contribution is 0.292. The van der Waals surface area contributed by atoms with E-state index in [4.69, 9.17) is 0 Å². The van der Waals surface area contributed by atoms with E-state index in [2.05, 4.69) is 47.0 Å². The summed E-state index contributed by atoms with van der Waals surface area (Å²) in [7, 11) is 0. The van der Waals surface area contributed by atoms with Crippen LogP contribution >= 0.6 is 11.8 Å². The number of thioether (sulfide) groups is 1. The maximum absolute atomic E-state index is 4.69. The van der Waals surface area contributed by atoms with Gasteiger partial charge in [-0.2, -0.15) is 0 Å². The summed E-state index contributed by atoms with van der Waals surface area (Å²) < 4.78 is 0. The molecule has 0 spiro atoms. The van der Waals surface area contributed by atoms with Gasteiger partial charge in [0.05, 0.1) is 0 Å². The maximum atomic E-state index is 4.69. The lowest BCUT2D eigenvalue weighted by Gasteiger charge is -2.38. The van der Waals surface area contributed by atoms with Crippen molar-refractivity contribution in [2.45, 2.75) is 45.2 Å². The monoisotopic (exact) mass is 294 g/mol. The number of nitrogens with zero attached hydrogens (tertiary/aromatic N) is 3. The normalized spacial score (nSPS) is 18.1. The Balaban J connectivity index is 2.21. The Bertz CT molecular complexity index is 447. The van der Waals surface area contributed by atoms with Gasteiger partial charge in [0.15, 0.2) is 5.16 Å². The molecule has 1 aliphatic rings. The van der Waals surface area contributed by atoms with Crippen LogP contribution < -0.4 is 10.2 Å². The Labute approximate surface area is 126 Å². The van der Waals surface area contributed by atoms with Crippen LogP contribution in [-0.2, 0) is 0 Å². The molecule has 0 amide bonds. The van der Waals surface area contributed by atoms with Gasteiger partial charge in [-0.1, -0.05) is 32.5 Å². The summed E-state index contributed by atoms with van der Waals surface area (Å²) in [6, 6.07) is 2.09. The van der Waals surface area contributed by atoms with Crippen molar-refractivity contribution in [1.82, 2.24) is 9.97 Å². The van der Waals surface area contributed by atoms with Gasteiger partial charge in [0.1, 0.15) is 11.6 Å². The Morgan fingerprint density at radius 1 is 1.40 bits per heavy atom. The molecule has 1 aromatic rings. The van der Waals surface area contributed by atoms with Crippen LogP contribution in [0.15, 0.2) is 11.2 Å². The van der Waals surface area contributed by atoms with E-state index in [1.807, 2.05) is 6.26 Å². The SMILES string of the molecule is CCCNc1cc(N2CCCC(C)(C)C2)nc(SC)n1. The van der Waals surface area contributed by atoms with Crippen molar-refractivity contribution < 1.29 is 0 Å². The van der Waals surface area contributed by atoms with Gasteiger partial charge in [-0.25, -0.2) is 9.97 Å². The lowest BCUT2D eigenvalue weighted by Crippen LogP contribution is -2.40. The molecule has 112 valence electrons. The molecule has 0 bridgehead atoms. The van der Waals surface area contributed by atoms with Crippen LogP contribution in [0.1, 0.15) is 40.0 Å². The molecule has 1 saturated heterocycles. The molecule has 2 rings (SSSR count). The lowest BCUT2D eigenvalue weighted by atomic mass is 9.84. The summed E-state index contributed by atoms with van der Waals surface area (Å²) in [5.41, 5.74) is 0.375. The summed E-state index contributed by atoms with van der Waals surface area (Å²) in [5, 5.41) is 4.23. The molecular weight excluding hydrogens is 268 g/mol. The molecule has 0 saturated carbocycles. The van der Waals surface area contributed by atoms with Crippen LogP contribution in [0.25, 0.3) is 0 Å². The third-order valence-electron chi connectivity index (χ3n) is 3.66. The third-order valence-corrected chi connectivity index (χ3v) is 4.20. The van der Waals surface area contributed by atoms with Gasteiger partial charge in [0, 0.05) is 25.7 Å². The molecule has 0 unspecified atom stereocenters.